The van der Waals surface area contributed by atoms with Gasteiger partial charge in [-0.05, 0) is 18.6 Å². The summed E-state index contributed by atoms with van der Waals surface area (Å²) in [6, 6.07) is 3.56. The highest BCUT2D eigenvalue weighted by Gasteiger charge is 2.19. The summed E-state index contributed by atoms with van der Waals surface area (Å²) in [5.74, 6) is 0.495. The zero-order chi connectivity index (χ0) is 15.4. The van der Waals surface area contributed by atoms with Crippen LogP contribution in [0.15, 0.2) is 24.8 Å². The second-order valence-corrected chi connectivity index (χ2v) is 4.25. The molecular weight excluding hydrogens is 272 g/mol. The molecule has 0 aliphatic rings. The number of rotatable bonds is 6. The van der Waals surface area contributed by atoms with Crippen molar-refractivity contribution in [3.63, 3.8) is 0 Å². The summed E-state index contributed by atoms with van der Waals surface area (Å²) in [4.78, 5) is 11.4. The lowest BCUT2D eigenvalue weighted by Crippen LogP contribution is -2.12. The summed E-state index contributed by atoms with van der Waals surface area (Å²) in [5, 5.41) is 10.1. The van der Waals surface area contributed by atoms with E-state index in [0.29, 0.717) is 29.2 Å². The topological polar surface area (TPSA) is 103 Å². The van der Waals surface area contributed by atoms with Crippen molar-refractivity contribution in [3.05, 3.63) is 36.0 Å². The van der Waals surface area contributed by atoms with E-state index in [9.17, 15) is 4.79 Å². The highest BCUT2D eigenvalue weighted by atomic mass is 16.5. The van der Waals surface area contributed by atoms with E-state index in [0.717, 1.165) is 5.56 Å². The maximum absolute atomic E-state index is 11.4. The van der Waals surface area contributed by atoms with Crippen LogP contribution in [-0.4, -0.2) is 35.5 Å². The van der Waals surface area contributed by atoms with E-state index < -0.39 is 5.91 Å². The van der Waals surface area contributed by atoms with Gasteiger partial charge in [0.15, 0.2) is 17.2 Å². The highest BCUT2D eigenvalue weighted by Crippen LogP contribution is 2.36. The Bertz CT molecular complexity index is 679. The van der Waals surface area contributed by atoms with E-state index in [1.54, 1.807) is 19.3 Å². The van der Waals surface area contributed by atoms with Gasteiger partial charge in [-0.3, -0.25) is 4.79 Å². The molecule has 0 saturated carbocycles. The van der Waals surface area contributed by atoms with E-state index in [2.05, 4.69) is 22.0 Å². The Morgan fingerprint density at radius 1 is 1.38 bits per heavy atom. The van der Waals surface area contributed by atoms with Crippen molar-refractivity contribution < 1.29 is 14.3 Å². The fourth-order valence-corrected chi connectivity index (χ4v) is 2.09. The minimum absolute atomic E-state index is 0.0757. The van der Waals surface area contributed by atoms with Gasteiger partial charge in [0.05, 0.1) is 14.2 Å². The molecule has 1 heterocycles. The second kappa shape index (κ2) is 6.08. The second-order valence-electron chi connectivity index (χ2n) is 4.25. The molecule has 7 heteroatoms. The molecule has 0 saturated heterocycles. The predicted molar refractivity (Wildman–Crippen MR) is 77.3 cm³/mol. The number of carbonyl (C=O) groups is 1. The number of carbonyl (C=O) groups excluding carboxylic acids is 1. The minimum Gasteiger partial charge on any atom is -0.493 e. The van der Waals surface area contributed by atoms with Gasteiger partial charge in [-0.25, -0.2) is 0 Å². The number of hydrogen-bond acceptors (Lipinski definition) is 5. The smallest absolute Gasteiger partial charge is 0.271 e. The van der Waals surface area contributed by atoms with E-state index in [-0.39, 0.29) is 5.69 Å². The zero-order valence-corrected chi connectivity index (χ0v) is 11.8. The van der Waals surface area contributed by atoms with Gasteiger partial charge in [-0.2, -0.15) is 15.4 Å². The third-order valence-electron chi connectivity index (χ3n) is 2.97. The fraction of sp³-hybridized carbons (Fsp3) is 0.214. The van der Waals surface area contributed by atoms with Crippen LogP contribution in [0, 0.1) is 0 Å². The van der Waals surface area contributed by atoms with Crippen molar-refractivity contribution in [2.75, 3.05) is 14.2 Å². The fourth-order valence-electron chi connectivity index (χ4n) is 2.09. The molecule has 110 valence electrons. The lowest BCUT2D eigenvalue weighted by molar-refractivity contribution is 0.0996. The molecule has 0 bridgehead atoms. The van der Waals surface area contributed by atoms with Crippen molar-refractivity contribution in [1.82, 2.24) is 15.4 Å². The van der Waals surface area contributed by atoms with Crippen LogP contribution in [-0.2, 0) is 6.42 Å². The minimum atomic E-state index is -0.654. The van der Waals surface area contributed by atoms with Crippen LogP contribution in [0.2, 0.25) is 0 Å². The molecule has 3 N–H and O–H groups in total. The van der Waals surface area contributed by atoms with Crippen molar-refractivity contribution in [3.8, 4) is 22.8 Å². The third-order valence-corrected chi connectivity index (χ3v) is 2.97. The Kier molecular flexibility index (Phi) is 4.22. The monoisotopic (exact) mass is 288 g/mol. The number of H-pyrrole nitrogens is 1. The van der Waals surface area contributed by atoms with Gasteiger partial charge >= 0.3 is 0 Å². The summed E-state index contributed by atoms with van der Waals surface area (Å²) in [5.41, 5.74) is 7.25. The average molecular weight is 288 g/mol. The van der Waals surface area contributed by atoms with Crippen molar-refractivity contribution >= 4 is 5.91 Å². The third kappa shape index (κ3) is 2.71. The number of aromatic amines is 1. The molecule has 2 aromatic rings. The summed E-state index contributed by atoms with van der Waals surface area (Å²) in [6.45, 7) is 3.72. The lowest BCUT2D eigenvalue weighted by Gasteiger charge is -2.13. The van der Waals surface area contributed by atoms with Crippen LogP contribution < -0.4 is 15.2 Å². The largest absolute Gasteiger partial charge is 0.493 e. The zero-order valence-electron chi connectivity index (χ0n) is 11.8. The highest BCUT2D eigenvalue weighted by molar-refractivity contribution is 5.96. The first-order valence-corrected chi connectivity index (χ1v) is 6.19. The Morgan fingerprint density at radius 3 is 2.71 bits per heavy atom. The molecule has 1 amide bonds. The Morgan fingerprint density at radius 2 is 2.14 bits per heavy atom. The lowest BCUT2D eigenvalue weighted by atomic mass is 10.0. The van der Waals surface area contributed by atoms with E-state index in [1.165, 1.54) is 7.11 Å². The van der Waals surface area contributed by atoms with E-state index in [1.807, 2.05) is 6.07 Å². The standard InChI is InChI=1S/C14H16N4O3/c1-4-5-8-6-9(7-10(20-2)13(8)21-3)11-12(14(15)19)17-18-16-11/h4,6-7H,1,5H2,2-3H3,(H2,15,19)(H,16,17,18). The summed E-state index contributed by atoms with van der Waals surface area (Å²) < 4.78 is 10.7. The number of hydrogen-bond donors (Lipinski definition) is 2. The first-order chi connectivity index (χ1) is 10.1. The predicted octanol–water partition coefficient (Wildman–Crippen LogP) is 1.32. The molecule has 0 aliphatic carbocycles. The van der Waals surface area contributed by atoms with Crippen molar-refractivity contribution in [1.29, 1.82) is 0 Å². The number of amides is 1. The van der Waals surface area contributed by atoms with Crippen molar-refractivity contribution in [2.45, 2.75) is 6.42 Å². The van der Waals surface area contributed by atoms with E-state index >= 15 is 0 Å². The quantitative estimate of drug-likeness (QED) is 0.780. The molecular formula is C14H16N4O3. The Hall–Kier alpha value is -2.83. The Balaban J connectivity index is 2.64. The molecule has 0 atom stereocenters. The first-order valence-electron chi connectivity index (χ1n) is 6.19. The summed E-state index contributed by atoms with van der Waals surface area (Å²) in [7, 11) is 3.10. The van der Waals surface area contributed by atoms with Crippen LogP contribution in [0.3, 0.4) is 0 Å². The molecule has 1 aromatic heterocycles. The van der Waals surface area contributed by atoms with Crippen LogP contribution in [0.25, 0.3) is 11.3 Å². The number of primary amides is 1. The van der Waals surface area contributed by atoms with Crippen LogP contribution in [0.1, 0.15) is 16.1 Å². The number of aromatic nitrogens is 3. The average Bonchev–Trinajstić information content (AvgIpc) is 2.96. The molecule has 7 nitrogen and oxygen atoms in total. The molecule has 21 heavy (non-hydrogen) atoms. The number of methoxy groups -OCH3 is 2. The maximum atomic E-state index is 11.4. The van der Waals surface area contributed by atoms with Crippen LogP contribution in [0.5, 0.6) is 11.5 Å². The molecule has 0 radical (unpaired) electrons. The van der Waals surface area contributed by atoms with Gasteiger partial charge in [0, 0.05) is 11.1 Å². The normalized spacial score (nSPS) is 10.2. The molecule has 0 unspecified atom stereocenters. The molecule has 0 aliphatic heterocycles. The Labute approximate surface area is 121 Å². The number of nitrogens with one attached hydrogen (secondary N) is 1. The van der Waals surface area contributed by atoms with Crippen molar-refractivity contribution in [2.24, 2.45) is 5.73 Å². The summed E-state index contributed by atoms with van der Waals surface area (Å²) in [6.07, 6.45) is 2.33. The van der Waals surface area contributed by atoms with Gasteiger partial charge in [0.25, 0.3) is 5.91 Å². The van der Waals surface area contributed by atoms with Gasteiger partial charge in [-0.1, -0.05) is 6.08 Å². The van der Waals surface area contributed by atoms with Gasteiger partial charge < -0.3 is 15.2 Å². The number of nitrogens with two attached hydrogens (primary N) is 1. The number of nitrogens with zero attached hydrogens (tertiary/aromatic N) is 2. The van der Waals surface area contributed by atoms with E-state index in [4.69, 9.17) is 15.2 Å². The molecule has 2 rings (SSSR count). The van der Waals surface area contributed by atoms with Gasteiger partial charge in [0.1, 0.15) is 5.69 Å². The SMILES string of the molecule is C=CCc1cc(-c2n[nH]nc2C(N)=O)cc(OC)c1OC. The molecule has 0 fully saturated rings. The first kappa shape index (κ1) is 14.6. The maximum Gasteiger partial charge on any atom is 0.271 e. The molecule has 1 aromatic carbocycles. The number of allylic oxidation sites excluding steroid dienone is 1. The van der Waals surface area contributed by atoms with Crippen LogP contribution in [0.4, 0.5) is 0 Å². The van der Waals surface area contributed by atoms with Gasteiger partial charge in [-0.15, -0.1) is 6.58 Å². The number of benzene rings is 1. The van der Waals surface area contributed by atoms with Crippen LogP contribution >= 0.6 is 0 Å². The molecule has 0 spiro atoms. The number of ether oxygens (including phenoxy) is 2. The summed E-state index contributed by atoms with van der Waals surface area (Å²) >= 11 is 0. The van der Waals surface area contributed by atoms with Gasteiger partial charge in [0.2, 0.25) is 0 Å².